The van der Waals surface area contributed by atoms with Crippen LogP contribution in [0.5, 0.6) is 0 Å². The molecule has 0 radical (unpaired) electrons. The van der Waals surface area contributed by atoms with Gasteiger partial charge in [0.25, 0.3) is 0 Å². The Kier molecular flexibility index (Phi) is 4.31. The van der Waals surface area contributed by atoms with Crippen molar-refractivity contribution in [3.05, 3.63) is 10.0 Å². The molecule has 2 heterocycles. The van der Waals surface area contributed by atoms with Crippen molar-refractivity contribution in [2.24, 2.45) is 5.92 Å². The van der Waals surface area contributed by atoms with Gasteiger partial charge in [-0.15, -0.1) is 5.10 Å². The number of carbonyl (C=O) groups is 1. The van der Waals surface area contributed by atoms with Gasteiger partial charge in [-0.3, -0.25) is 9.69 Å². The molecule has 1 aromatic heterocycles. The van der Waals surface area contributed by atoms with E-state index in [1.165, 1.54) is 11.5 Å². The number of likely N-dealkylation sites (tertiary alicyclic amines) is 1. The van der Waals surface area contributed by atoms with Gasteiger partial charge in [0, 0.05) is 31.0 Å². The van der Waals surface area contributed by atoms with E-state index in [1.807, 2.05) is 0 Å². The zero-order valence-electron chi connectivity index (χ0n) is 9.65. The molecule has 0 bridgehead atoms. The minimum absolute atomic E-state index is 0.151. The SMILES string of the molecule is CNC(=O)C1CCN(Cc2nnsc2Cl)CC1. The van der Waals surface area contributed by atoms with Gasteiger partial charge in [-0.1, -0.05) is 16.1 Å². The summed E-state index contributed by atoms with van der Waals surface area (Å²) in [5.74, 6) is 0.304. The predicted octanol–water partition coefficient (Wildman–Crippen LogP) is 1.15. The molecule has 0 unspecified atom stereocenters. The molecule has 0 aliphatic carbocycles. The number of hydrogen-bond donors (Lipinski definition) is 1. The highest BCUT2D eigenvalue weighted by Crippen LogP contribution is 2.22. The molecule has 0 spiro atoms. The quantitative estimate of drug-likeness (QED) is 0.898. The van der Waals surface area contributed by atoms with Crippen molar-refractivity contribution in [3.63, 3.8) is 0 Å². The monoisotopic (exact) mass is 274 g/mol. The first-order valence-corrected chi connectivity index (χ1v) is 6.76. The summed E-state index contributed by atoms with van der Waals surface area (Å²) in [5, 5.41) is 6.70. The molecular weight excluding hydrogens is 260 g/mol. The normalized spacial score (nSPS) is 18.2. The van der Waals surface area contributed by atoms with E-state index in [1.54, 1.807) is 7.05 Å². The van der Waals surface area contributed by atoms with E-state index < -0.39 is 0 Å². The van der Waals surface area contributed by atoms with Crippen molar-refractivity contribution in [3.8, 4) is 0 Å². The number of nitrogens with one attached hydrogen (secondary N) is 1. The van der Waals surface area contributed by atoms with Crippen molar-refractivity contribution in [1.82, 2.24) is 19.8 Å². The number of amides is 1. The zero-order valence-corrected chi connectivity index (χ0v) is 11.2. The molecule has 94 valence electrons. The highest BCUT2D eigenvalue weighted by atomic mass is 35.5. The van der Waals surface area contributed by atoms with Crippen LogP contribution >= 0.6 is 23.1 Å². The molecule has 2 rings (SSSR count). The van der Waals surface area contributed by atoms with Crippen LogP contribution in [-0.2, 0) is 11.3 Å². The summed E-state index contributed by atoms with van der Waals surface area (Å²) in [7, 11) is 1.69. The van der Waals surface area contributed by atoms with Crippen molar-refractivity contribution in [2.75, 3.05) is 20.1 Å². The third-order valence-electron chi connectivity index (χ3n) is 3.09. The molecule has 0 aromatic carbocycles. The number of piperidine rings is 1. The van der Waals surface area contributed by atoms with Crippen molar-refractivity contribution in [2.45, 2.75) is 19.4 Å². The molecular formula is C10H15ClN4OS. The first-order chi connectivity index (χ1) is 8.20. The Hall–Kier alpha value is -0.720. The molecule has 0 atom stereocenters. The van der Waals surface area contributed by atoms with E-state index in [2.05, 4.69) is 19.8 Å². The van der Waals surface area contributed by atoms with Gasteiger partial charge in [0.15, 0.2) is 0 Å². The van der Waals surface area contributed by atoms with Crippen LogP contribution in [0.1, 0.15) is 18.5 Å². The van der Waals surface area contributed by atoms with Gasteiger partial charge in [-0.05, 0) is 25.9 Å². The Bertz CT molecular complexity index is 389. The lowest BCUT2D eigenvalue weighted by Crippen LogP contribution is -2.39. The van der Waals surface area contributed by atoms with Gasteiger partial charge in [0.2, 0.25) is 5.91 Å². The molecule has 1 fully saturated rings. The molecule has 17 heavy (non-hydrogen) atoms. The standard InChI is InChI=1S/C10H15ClN4OS/c1-12-10(16)7-2-4-15(5-3-7)6-8-9(11)17-14-13-8/h7H,2-6H2,1H3,(H,12,16). The summed E-state index contributed by atoms with van der Waals surface area (Å²) in [6.45, 7) is 2.55. The maximum Gasteiger partial charge on any atom is 0.222 e. The van der Waals surface area contributed by atoms with Crippen LogP contribution in [-0.4, -0.2) is 40.5 Å². The summed E-state index contributed by atoms with van der Waals surface area (Å²) < 4.78 is 4.48. The highest BCUT2D eigenvalue weighted by Gasteiger charge is 2.24. The average Bonchev–Trinajstić information content (AvgIpc) is 2.75. The number of aromatic nitrogens is 2. The molecule has 1 amide bonds. The Labute approximate surface area is 109 Å². The van der Waals surface area contributed by atoms with E-state index in [0.29, 0.717) is 4.34 Å². The second-order valence-corrected chi connectivity index (χ2v) is 5.51. The number of hydrogen-bond acceptors (Lipinski definition) is 5. The highest BCUT2D eigenvalue weighted by molar-refractivity contribution is 7.10. The molecule has 1 aliphatic rings. The zero-order chi connectivity index (χ0) is 12.3. The molecule has 7 heteroatoms. The number of rotatable bonds is 3. The van der Waals surface area contributed by atoms with Gasteiger partial charge < -0.3 is 5.32 Å². The van der Waals surface area contributed by atoms with Gasteiger partial charge in [0.05, 0.1) is 0 Å². The molecule has 1 N–H and O–H groups in total. The summed E-state index contributed by atoms with van der Waals surface area (Å²) in [6.07, 6.45) is 1.80. The Morgan fingerprint density at radius 2 is 2.29 bits per heavy atom. The molecule has 0 saturated carbocycles. The van der Waals surface area contributed by atoms with E-state index in [-0.39, 0.29) is 11.8 Å². The summed E-state index contributed by atoms with van der Waals surface area (Å²) in [6, 6.07) is 0. The van der Waals surface area contributed by atoms with Gasteiger partial charge in [-0.25, -0.2) is 0 Å². The fourth-order valence-electron chi connectivity index (χ4n) is 2.06. The fraction of sp³-hybridized carbons (Fsp3) is 0.700. The third kappa shape index (κ3) is 3.14. The first-order valence-electron chi connectivity index (χ1n) is 5.61. The fourth-order valence-corrected chi connectivity index (χ4v) is 2.67. The molecule has 1 aliphatic heterocycles. The van der Waals surface area contributed by atoms with E-state index >= 15 is 0 Å². The van der Waals surface area contributed by atoms with E-state index in [9.17, 15) is 4.79 Å². The minimum Gasteiger partial charge on any atom is -0.359 e. The summed E-state index contributed by atoms with van der Waals surface area (Å²) >= 11 is 7.18. The maximum absolute atomic E-state index is 11.5. The van der Waals surface area contributed by atoms with Crippen LogP contribution in [0.25, 0.3) is 0 Å². The first kappa shape index (κ1) is 12.7. The summed E-state index contributed by atoms with van der Waals surface area (Å²) in [5.41, 5.74) is 0.843. The van der Waals surface area contributed by atoms with Gasteiger partial charge in [-0.2, -0.15) is 0 Å². The maximum atomic E-state index is 11.5. The third-order valence-corrected chi connectivity index (χ3v) is 4.07. The predicted molar refractivity (Wildman–Crippen MR) is 67.0 cm³/mol. The van der Waals surface area contributed by atoms with Crippen molar-refractivity contribution >= 4 is 29.0 Å². The largest absolute Gasteiger partial charge is 0.359 e. The smallest absolute Gasteiger partial charge is 0.222 e. The number of nitrogens with zero attached hydrogens (tertiary/aromatic N) is 3. The van der Waals surface area contributed by atoms with Gasteiger partial charge >= 0.3 is 0 Å². The second-order valence-electron chi connectivity index (χ2n) is 4.16. The van der Waals surface area contributed by atoms with Crippen LogP contribution in [0.15, 0.2) is 0 Å². The Morgan fingerprint density at radius 3 is 2.82 bits per heavy atom. The Balaban J connectivity index is 1.83. The van der Waals surface area contributed by atoms with Gasteiger partial charge in [0.1, 0.15) is 10.0 Å². The number of halogens is 1. The van der Waals surface area contributed by atoms with Crippen LogP contribution in [0.2, 0.25) is 4.34 Å². The molecule has 1 aromatic rings. The topological polar surface area (TPSA) is 58.1 Å². The van der Waals surface area contributed by atoms with Crippen LogP contribution < -0.4 is 5.32 Å². The van der Waals surface area contributed by atoms with Crippen LogP contribution in [0.4, 0.5) is 0 Å². The summed E-state index contributed by atoms with van der Waals surface area (Å²) in [4.78, 5) is 13.7. The lowest BCUT2D eigenvalue weighted by atomic mass is 9.96. The molecule has 5 nitrogen and oxygen atoms in total. The number of carbonyl (C=O) groups excluding carboxylic acids is 1. The second kappa shape index (κ2) is 5.75. The van der Waals surface area contributed by atoms with E-state index in [4.69, 9.17) is 11.6 Å². The van der Waals surface area contributed by atoms with Crippen LogP contribution in [0.3, 0.4) is 0 Å². The average molecular weight is 275 g/mol. The molecule has 1 saturated heterocycles. The van der Waals surface area contributed by atoms with Crippen molar-refractivity contribution in [1.29, 1.82) is 0 Å². The van der Waals surface area contributed by atoms with Crippen molar-refractivity contribution < 1.29 is 4.79 Å². The lowest BCUT2D eigenvalue weighted by Gasteiger charge is -2.30. The minimum atomic E-state index is 0.151. The Morgan fingerprint density at radius 1 is 1.59 bits per heavy atom. The van der Waals surface area contributed by atoms with Crippen LogP contribution in [0, 0.1) is 5.92 Å². The lowest BCUT2D eigenvalue weighted by molar-refractivity contribution is -0.125. The van der Waals surface area contributed by atoms with E-state index in [0.717, 1.165) is 38.2 Å².